The summed E-state index contributed by atoms with van der Waals surface area (Å²) in [5, 5.41) is 0. The molecule has 2 rings (SSSR count). The Balaban J connectivity index is 1.97. The van der Waals surface area contributed by atoms with Crippen LogP contribution in [-0.4, -0.2) is 30.6 Å². The molecule has 2 N–H and O–H groups in total. The van der Waals surface area contributed by atoms with Crippen LogP contribution in [0.5, 0.6) is 0 Å². The van der Waals surface area contributed by atoms with Gasteiger partial charge in [0.15, 0.2) is 0 Å². The van der Waals surface area contributed by atoms with Crippen molar-refractivity contribution in [3.8, 4) is 0 Å². The Bertz CT molecular complexity index is 237. The second-order valence-electron chi connectivity index (χ2n) is 6.86. The lowest BCUT2D eigenvalue weighted by Crippen LogP contribution is -2.45. The average Bonchev–Trinajstić information content (AvgIpc) is 2.52. The molecule has 2 fully saturated rings. The minimum atomic E-state index is 0.555. The van der Waals surface area contributed by atoms with Gasteiger partial charge in [-0.1, -0.05) is 20.8 Å². The van der Waals surface area contributed by atoms with Gasteiger partial charge < -0.3 is 5.73 Å². The van der Waals surface area contributed by atoms with Crippen LogP contribution in [0, 0.1) is 17.3 Å². The first-order chi connectivity index (χ1) is 7.52. The minimum Gasteiger partial charge on any atom is -0.330 e. The molecule has 0 spiro atoms. The van der Waals surface area contributed by atoms with Crippen LogP contribution in [0.15, 0.2) is 0 Å². The summed E-state index contributed by atoms with van der Waals surface area (Å²) < 4.78 is 0. The molecule has 0 aromatic rings. The fourth-order valence-electron chi connectivity index (χ4n) is 3.94. The van der Waals surface area contributed by atoms with Crippen LogP contribution in [0.2, 0.25) is 0 Å². The van der Waals surface area contributed by atoms with E-state index in [0.29, 0.717) is 5.41 Å². The zero-order valence-corrected chi connectivity index (χ0v) is 11.2. The van der Waals surface area contributed by atoms with E-state index in [0.717, 1.165) is 24.4 Å². The van der Waals surface area contributed by atoms with Crippen molar-refractivity contribution in [1.82, 2.24) is 4.90 Å². The van der Waals surface area contributed by atoms with E-state index in [1.807, 2.05) is 0 Å². The fraction of sp³-hybridized carbons (Fsp3) is 1.00. The minimum absolute atomic E-state index is 0.555. The first-order valence-electron chi connectivity index (χ1n) is 6.96. The van der Waals surface area contributed by atoms with Gasteiger partial charge in [-0.3, -0.25) is 4.90 Å². The maximum absolute atomic E-state index is 5.83. The largest absolute Gasteiger partial charge is 0.330 e. The van der Waals surface area contributed by atoms with Gasteiger partial charge in [-0.2, -0.15) is 0 Å². The molecule has 0 aromatic carbocycles. The third-order valence-electron chi connectivity index (χ3n) is 4.65. The molecule has 1 heterocycles. The quantitative estimate of drug-likeness (QED) is 0.781. The second kappa shape index (κ2) is 4.66. The molecular weight excluding hydrogens is 196 g/mol. The van der Waals surface area contributed by atoms with Crippen molar-refractivity contribution >= 4 is 0 Å². The molecule has 2 nitrogen and oxygen atoms in total. The standard InChI is InChI=1S/C14H28N2/c1-11-7-14(2,3)8-13(11)16-6-4-5-12(9-15)10-16/h11-13H,4-10,15H2,1-3H3. The monoisotopic (exact) mass is 224 g/mol. The summed E-state index contributed by atoms with van der Waals surface area (Å²) >= 11 is 0. The third kappa shape index (κ3) is 2.60. The molecule has 1 aliphatic heterocycles. The van der Waals surface area contributed by atoms with Gasteiger partial charge >= 0.3 is 0 Å². The van der Waals surface area contributed by atoms with Gasteiger partial charge in [0.1, 0.15) is 0 Å². The van der Waals surface area contributed by atoms with Crippen LogP contribution in [0.1, 0.15) is 46.5 Å². The van der Waals surface area contributed by atoms with Crippen LogP contribution in [0.4, 0.5) is 0 Å². The molecule has 1 aliphatic carbocycles. The lowest BCUT2D eigenvalue weighted by molar-refractivity contribution is 0.103. The van der Waals surface area contributed by atoms with Gasteiger partial charge in [-0.05, 0) is 56.0 Å². The van der Waals surface area contributed by atoms with E-state index < -0.39 is 0 Å². The van der Waals surface area contributed by atoms with Gasteiger partial charge in [-0.15, -0.1) is 0 Å². The molecule has 0 aromatic heterocycles. The third-order valence-corrected chi connectivity index (χ3v) is 4.65. The van der Waals surface area contributed by atoms with Gasteiger partial charge in [0, 0.05) is 12.6 Å². The summed E-state index contributed by atoms with van der Waals surface area (Å²) in [4.78, 5) is 2.74. The highest BCUT2D eigenvalue weighted by atomic mass is 15.2. The van der Waals surface area contributed by atoms with Crippen molar-refractivity contribution in [3.63, 3.8) is 0 Å². The molecule has 0 radical (unpaired) electrons. The lowest BCUT2D eigenvalue weighted by atomic mass is 9.90. The number of hydrogen-bond donors (Lipinski definition) is 1. The molecule has 1 saturated heterocycles. The highest BCUT2D eigenvalue weighted by Crippen LogP contribution is 2.43. The molecule has 0 amide bonds. The van der Waals surface area contributed by atoms with Gasteiger partial charge in [0.2, 0.25) is 0 Å². The van der Waals surface area contributed by atoms with Crippen molar-refractivity contribution in [3.05, 3.63) is 0 Å². The maximum atomic E-state index is 5.83. The Kier molecular flexibility index (Phi) is 3.60. The molecular formula is C14H28N2. The number of rotatable bonds is 2. The smallest absolute Gasteiger partial charge is 0.0126 e. The summed E-state index contributed by atoms with van der Waals surface area (Å²) in [5.74, 6) is 1.62. The molecule has 3 atom stereocenters. The van der Waals surface area contributed by atoms with Crippen molar-refractivity contribution in [2.75, 3.05) is 19.6 Å². The average molecular weight is 224 g/mol. The van der Waals surface area contributed by atoms with Gasteiger partial charge in [0.25, 0.3) is 0 Å². The molecule has 0 bridgehead atoms. The summed E-state index contributed by atoms with van der Waals surface area (Å²) in [6.45, 7) is 10.7. The zero-order chi connectivity index (χ0) is 11.8. The van der Waals surface area contributed by atoms with Crippen LogP contribution in [0.25, 0.3) is 0 Å². The SMILES string of the molecule is CC1CC(C)(C)CC1N1CCCC(CN)C1. The van der Waals surface area contributed by atoms with Crippen LogP contribution in [-0.2, 0) is 0 Å². The van der Waals surface area contributed by atoms with E-state index in [1.54, 1.807) is 0 Å². The number of nitrogens with two attached hydrogens (primary N) is 1. The number of piperidine rings is 1. The molecule has 2 heteroatoms. The van der Waals surface area contributed by atoms with Gasteiger partial charge in [-0.25, -0.2) is 0 Å². The van der Waals surface area contributed by atoms with Crippen molar-refractivity contribution in [2.45, 2.75) is 52.5 Å². The topological polar surface area (TPSA) is 29.3 Å². The maximum Gasteiger partial charge on any atom is 0.0126 e. The molecule has 94 valence electrons. The van der Waals surface area contributed by atoms with E-state index in [9.17, 15) is 0 Å². The molecule has 16 heavy (non-hydrogen) atoms. The van der Waals surface area contributed by atoms with E-state index in [-0.39, 0.29) is 0 Å². The van der Waals surface area contributed by atoms with Crippen molar-refractivity contribution < 1.29 is 0 Å². The summed E-state index contributed by atoms with van der Waals surface area (Å²) in [6, 6.07) is 0.823. The van der Waals surface area contributed by atoms with E-state index >= 15 is 0 Å². The Morgan fingerprint density at radius 2 is 2.06 bits per heavy atom. The van der Waals surface area contributed by atoms with Gasteiger partial charge in [0.05, 0.1) is 0 Å². The first kappa shape index (κ1) is 12.4. The van der Waals surface area contributed by atoms with Crippen LogP contribution in [0.3, 0.4) is 0 Å². The Hall–Kier alpha value is -0.0800. The summed E-state index contributed by atoms with van der Waals surface area (Å²) in [7, 11) is 0. The van der Waals surface area contributed by atoms with E-state index in [4.69, 9.17) is 5.73 Å². The first-order valence-corrected chi connectivity index (χ1v) is 6.96. The normalized spacial score (nSPS) is 40.1. The van der Waals surface area contributed by atoms with Crippen molar-refractivity contribution in [2.24, 2.45) is 23.0 Å². The van der Waals surface area contributed by atoms with E-state index in [1.165, 1.54) is 38.8 Å². The molecule has 1 saturated carbocycles. The number of hydrogen-bond acceptors (Lipinski definition) is 2. The lowest BCUT2D eigenvalue weighted by Gasteiger charge is -2.38. The Morgan fingerprint density at radius 1 is 1.31 bits per heavy atom. The summed E-state index contributed by atoms with van der Waals surface area (Å²) in [6.07, 6.45) is 5.47. The van der Waals surface area contributed by atoms with E-state index in [2.05, 4.69) is 25.7 Å². The fourth-order valence-corrected chi connectivity index (χ4v) is 3.94. The second-order valence-corrected chi connectivity index (χ2v) is 6.86. The number of likely N-dealkylation sites (tertiary alicyclic amines) is 1. The summed E-state index contributed by atoms with van der Waals surface area (Å²) in [5.41, 5.74) is 6.38. The van der Waals surface area contributed by atoms with Crippen LogP contribution < -0.4 is 5.73 Å². The Labute approximate surface area is 101 Å². The van der Waals surface area contributed by atoms with Crippen LogP contribution >= 0.6 is 0 Å². The number of nitrogens with zero attached hydrogens (tertiary/aromatic N) is 1. The van der Waals surface area contributed by atoms with Crippen molar-refractivity contribution in [1.29, 1.82) is 0 Å². The predicted octanol–water partition coefficient (Wildman–Crippen LogP) is 2.48. The molecule has 3 unspecified atom stereocenters. The highest BCUT2D eigenvalue weighted by molar-refractivity contribution is 4.94. The predicted molar refractivity (Wildman–Crippen MR) is 69.3 cm³/mol. The zero-order valence-electron chi connectivity index (χ0n) is 11.2. The molecule has 2 aliphatic rings. The highest BCUT2D eigenvalue weighted by Gasteiger charge is 2.40. The Morgan fingerprint density at radius 3 is 2.62 bits per heavy atom.